The van der Waals surface area contributed by atoms with Gasteiger partial charge >= 0.3 is 0 Å². The molecule has 0 amide bonds. The molecule has 1 heteroatoms. The van der Waals surface area contributed by atoms with Crippen LogP contribution in [-0.4, -0.2) is 0 Å². The van der Waals surface area contributed by atoms with Crippen LogP contribution in [0.5, 0.6) is 0 Å². The molecule has 0 atom stereocenters. The van der Waals surface area contributed by atoms with Crippen LogP contribution in [0.15, 0.2) is 29.1 Å². The van der Waals surface area contributed by atoms with Gasteiger partial charge in [-0.25, -0.2) is 0 Å². The molecule has 1 aromatic rings. The highest BCUT2D eigenvalue weighted by atomic mass is 16.3. The van der Waals surface area contributed by atoms with E-state index < -0.39 is 0 Å². The highest BCUT2D eigenvalue weighted by molar-refractivity contribution is 4.79. The van der Waals surface area contributed by atoms with E-state index in [9.17, 15) is 0 Å². The van der Waals surface area contributed by atoms with Gasteiger partial charge in [0.1, 0.15) is 0 Å². The van der Waals surface area contributed by atoms with E-state index in [2.05, 4.69) is 32.1 Å². The number of furan rings is 1. The molecule has 0 saturated carbocycles. The zero-order valence-electron chi connectivity index (χ0n) is 9.92. The molecule has 1 rings (SSSR count). The summed E-state index contributed by atoms with van der Waals surface area (Å²) in [6.45, 7) is 12.9. The van der Waals surface area contributed by atoms with Gasteiger partial charge in [0.2, 0.25) is 0 Å². The molecule has 0 aliphatic rings. The Morgan fingerprint density at radius 1 is 1.00 bits per heavy atom. The molecular formula is C13H28O. The summed E-state index contributed by atoms with van der Waals surface area (Å²) in [5, 5.41) is 0. The summed E-state index contributed by atoms with van der Waals surface area (Å²) in [6.07, 6.45) is 4.52. The predicted molar refractivity (Wildman–Crippen MR) is 66.5 cm³/mol. The summed E-state index contributed by atoms with van der Waals surface area (Å²) in [5.41, 5.74) is 0.542. The van der Waals surface area contributed by atoms with Crippen LogP contribution in [-0.2, 0) is 0 Å². The Morgan fingerprint density at radius 3 is 1.36 bits per heavy atom. The predicted octanol–water partition coefficient (Wildman–Crippen LogP) is 5.38. The van der Waals surface area contributed by atoms with Crippen molar-refractivity contribution in [2.24, 2.45) is 5.41 Å². The van der Waals surface area contributed by atoms with E-state index in [1.165, 1.54) is 6.42 Å². The minimum absolute atomic E-state index is 0. The third-order valence-electron chi connectivity index (χ3n) is 1.49. The van der Waals surface area contributed by atoms with Gasteiger partial charge in [0.15, 0.2) is 0 Å². The standard InChI is InChI=1S/C6H14.C4H4O.C2H6.CH4/c1-5-6(2,3)4;1-2-4-5-3-1;1-2;/h5H2,1-4H3;1-4H;1-2H3;1H4. The summed E-state index contributed by atoms with van der Waals surface area (Å²) in [4.78, 5) is 0. The third kappa shape index (κ3) is 22.5. The van der Waals surface area contributed by atoms with E-state index in [0.29, 0.717) is 5.41 Å². The lowest BCUT2D eigenvalue weighted by Crippen LogP contribution is -2.00. The van der Waals surface area contributed by atoms with Crippen molar-refractivity contribution < 1.29 is 4.42 Å². The zero-order valence-corrected chi connectivity index (χ0v) is 9.92. The van der Waals surface area contributed by atoms with Crippen molar-refractivity contribution in [1.82, 2.24) is 0 Å². The molecule has 0 unspecified atom stereocenters. The molecule has 0 spiro atoms. The summed E-state index contributed by atoms with van der Waals surface area (Å²) in [6, 6.07) is 3.67. The molecule has 86 valence electrons. The van der Waals surface area contributed by atoms with E-state index in [1.807, 2.05) is 26.0 Å². The minimum Gasteiger partial charge on any atom is -0.473 e. The average Bonchev–Trinajstić information content (AvgIpc) is 2.64. The van der Waals surface area contributed by atoms with Gasteiger partial charge in [0.25, 0.3) is 0 Å². The highest BCUT2D eigenvalue weighted by Crippen LogP contribution is 2.16. The summed E-state index contributed by atoms with van der Waals surface area (Å²) in [5.74, 6) is 0. The molecule has 0 aliphatic heterocycles. The van der Waals surface area contributed by atoms with Crippen molar-refractivity contribution in [2.75, 3.05) is 0 Å². The zero-order chi connectivity index (χ0) is 10.7. The molecule has 1 aromatic heterocycles. The second kappa shape index (κ2) is 12.3. The molecular weight excluding hydrogens is 172 g/mol. The first-order valence-electron chi connectivity index (χ1n) is 5.03. The highest BCUT2D eigenvalue weighted by Gasteiger charge is 2.03. The molecule has 0 bridgehead atoms. The maximum absolute atomic E-state index is 4.58. The van der Waals surface area contributed by atoms with Gasteiger partial charge in [-0.15, -0.1) is 0 Å². The van der Waals surface area contributed by atoms with Crippen molar-refractivity contribution in [3.05, 3.63) is 24.7 Å². The van der Waals surface area contributed by atoms with E-state index in [1.54, 1.807) is 12.5 Å². The Balaban J connectivity index is -0.000000139. The van der Waals surface area contributed by atoms with Gasteiger partial charge in [-0.1, -0.05) is 55.4 Å². The monoisotopic (exact) mass is 200 g/mol. The Hall–Kier alpha value is -0.720. The summed E-state index contributed by atoms with van der Waals surface area (Å²) < 4.78 is 4.58. The lowest BCUT2D eigenvalue weighted by molar-refractivity contribution is 0.398. The van der Waals surface area contributed by atoms with Crippen molar-refractivity contribution in [3.8, 4) is 0 Å². The Morgan fingerprint density at radius 2 is 1.29 bits per heavy atom. The smallest absolute Gasteiger partial charge is 0.0902 e. The van der Waals surface area contributed by atoms with E-state index in [0.717, 1.165) is 0 Å². The molecule has 0 fully saturated rings. The number of hydrogen-bond donors (Lipinski definition) is 0. The largest absolute Gasteiger partial charge is 0.473 e. The van der Waals surface area contributed by atoms with Crippen LogP contribution < -0.4 is 0 Å². The SMILES string of the molecule is C.CC.CCC(C)(C)C.c1ccoc1. The fourth-order valence-electron chi connectivity index (χ4n) is 0.227. The summed E-state index contributed by atoms with van der Waals surface area (Å²) in [7, 11) is 0. The van der Waals surface area contributed by atoms with Crippen LogP contribution in [0.4, 0.5) is 0 Å². The lowest BCUT2D eigenvalue weighted by atomic mass is 9.94. The Labute approximate surface area is 90.5 Å². The van der Waals surface area contributed by atoms with Crippen molar-refractivity contribution in [3.63, 3.8) is 0 Å². The van der Waals surface area contributed by atoms with Gasteiger partial charge in [-0.3, -0.25) is 0 Å². The van der Waals surface area contributed by atoms with E-state index >= 15 is 0 Å². The van der Waals surface area contributed by atoms with Crippen LogP contribution in [0, 0.1) is 5.41 Å². The first-order chi connectivity index (χ1) is 6.06. The van der Waals surface area contributed by atoms with Crippen molar-refractivity contribution >= 4 is 0 Å². The molecule has 0 aromatic carbocycles. The first-order valence-corrected chi connectivity index (χ1v) is 5.03. The van der Waals surface area contributed by atoms with Crippen LogP contribution in [0.1, 0.15) is 55.4 Å². The van der Waals surface area contributed by atoms with Gasteiger partial charge in [0.05, 0.1) is 12.5 Å². The topological polar surface area (TPSA) is 13.1 Å². The van der Waals surface area contributed by atoms with Crippen LogP contribution in [0.25, 0.3) is 0 Å². The minimum atomic E-state index is 0. The number of hydrogen-bond acceptors (Lipinski definition) is 1. The Bertz CT molecular complexity index is 129. The number of rotatable bonds is 0. The lowest BCUT2D eigenvalue weighted by Gasteiger charge is -2.12. The molecule has 0 saturated heterocycles. The Kier molecular flexibility index (Phi) is 16.6. The molecule has 0 aliphatic carbocycles. The normalized spacial score (nSPS) is 8.43. The fourth-order valence-corrected chi connectivity index (χ4v) is 0.227. The maximum Gasteiger partial charge on any atom is 0.0902 e. The second-order valence-corrected chi connectivity index (χ2v) is 3.71. The molecule has 14 heavy (non-hydrogen) atoms. The van der Waals surface area contributed by atoms with Gasteiger partial charge in [-0.2, -0.15) is 0 Å². The van der Waals surface area contributed by atoms with E-state index in [-0.39, 0.29) is 7.43 Å². The third-order valence-corrected chi connectivity index (χ3v) is 1.49. The average molecular weight is 200 g/mol. The molecule has 0 N–H and O–H groups in total. The van der Waals surface area contributed by atoms with Crippen molar-refractivity contribution in [2.45, 2.75) is 55.4 Å². The molecule has 1 nitrogen and oxygen atoms in total. The summed E-state index contributed by atoms with van der Waals surface area (Å²) >= 11 is 0. The van der Waals surface area contributed by atoms with E-state index in [4.69, 9.17) is 0 Å². The quantitative estimate of drug-likeness (QED) is 0.547. The van der Waals surface area contributed by atoms with Gasteiger partial charge in [0, 0.05) is 0 Å². The van der Waals surface area contributed by atoms with Gasteiger partial charge in [-0.05, 0) is 17.5 Å². The maximum atomic E-state index is 4.58. The molecule has 1 heterocycles. The van der Waals surface area contributed by atoms with Crippen LogP contribution in [0.3, 0.4) is 0 Å². The van der Waals surface area contributed by atoms with Crippen LogP contribution in [0.2, 0.25) is 0 Å². The second-order valence-electron chi connectivity index (χ2n) is 3.71. The van der Waals surface area contributed by atoms with Crippen LogP contribution >= 0.6 is 0 Å². The van der Waals surface area contributed by atoms with Crippen molar-refractivity contribution in [1.29, 1.82) is 0 Å². The molecule has 0 radical (unpaired) electrons. The first kappa shape index (κ1) is 18.9. The van der Waals surface area contributed by atoms with Gasteiger partial charge < -0.3 is 4.42 Å². The fraction of sp³-hybridized carbons (Fsp3) is 0.692.